The van der Waals surface area contributed by atoms with Gasteiger partial charge in [0.1, 0.15) is 0 Å². The van der Waals surface area contributed by atoms with Crippen LogP contribution in [0.15, 0.2) is 43.4 Å². The van der Waals surface area contributed by atoms with Gasteiger partial charge in [0.05, 0.1) is 12.2 Å². The van der Waals surface area contributed by atoms with E-state index in [0.717, 1.165) is 23.8 Å². The summed E-state index contributed by atoms with van der Waals surface area (Å²) in [5, 5.41) is 3.22. The molecule has 0 aliphatic heterocycles. The lowest BCUT2D eigenvalue weighted by Gasteiger charge is -2.07. The third-order valence-corrected chi connectivity index (χ3v) is 2.38. The minimum Gasteiger partial charge on any atom is -0.352 e. The zero-order valence-corrected chi connectivity index (χ0v) is 9.93. The molecule has 17 heavy (non-hydrogen) atoms. The van der Waals surface area contributed by atoms with Crippen LogP contribution in [-0.2, 0) is 6.54 Å². The van der Waals surface area contributed by atoms with Crippen molar-refractivity contribution in [2.24, 2.45) is 0 Å². The van der Waals surface area contributed by atoms with Gasteiger partial charge >= 0.3 is 0 Å². The maximum absolute atomic E-state index is 4.43. The molecule has 0 spiro atoms. The zero-order chi connectivity index (χ0) is 12.1. The highest BCUT2D eigenvalue weighted by atomic mass is 15.2. The van der Waals surface area contributed by atoms with E-state index in [1.54, 1.807) is 6.20 Å². The van der Waals surface area contributed by atoms with Crippen molar-refractivity contribution in [1.29, 1.82) is 0 Å². The summed E-state index contributed by atoms with van der Waals surface area (Å²) in [6.07, 6.45) is 7.49. The van der Waals surface area contributed by atoms with E-state index in [0.29, 0.717) is 6.54 Å². The molecule has 0 bridgehead atoms. The Morgan fingerprint density at radius 1 is 1.53 bits per heavy atom. The van der Waals surface area contributed by atoms with Gasteiger partial charge in [-0.2, -0.15) is 0 Å². The molecule has 0 fully saturated rings. The molecule has 0 radical (unpaired) electrons. The Bertz CT molecular complexity index is 487. The molecular weight excluding hydrogens is 212 g/mol. The van der Waals surface area contributed by atoms with Crippen molar-refractivity contribution in [3.05, 3.63) is 54.6 Å². The van der Waals surface area contributed by atoms with Gasteiger partial charge in [0.15, 0.2) is 0 Å². The van der Waals surface area contributed by atoms with E-state index in [1.165, 1.54) is 0 Å². The number of rotatable bonds is 5. The van der Waals surface area contributed by atoms with Crippen LogP contribution in [0.3, 0.4) is 0 Å². The van der Waals surface area contributed by atoms with Crippen LogP contribution < -0.4 is 5.32 Å². The van der Waals surface area contributed by atoms with Crippen LogP contribution in [0.1, 0.15) is 11.3 Å². The standard InChI is InChI=1S/C13H16N4/c1-3-6-15-13-16-11(2)9-17(13)10-12-5-4-7-14-8-12/h3-5,7-9H,1,6,10H2,2H3,(H,15,16). The van der Waals surface area contributed by atoms with Gasteiger partial charge < -0.3 is 9.88 Å². The summed E-state index contributed by atoms with van der Waals surface area (Å²) in [4.78, 5) is 8.54. The number of nitrogens with one attached hydrogen (secondary N) is 1. The van der Waals surface area contributed by atoms with Gasteiger partial charge in [-0.15, -0.1) is 6.58 Å². The number of hydrogen-bond acceptors (Lipinski definition) is 3. The molecular formula is C13H16N4. The second kappa shape index (κ2) is 5.30. The Hall–Kier alpha value is -2.10. The first-order valence-corrected chi connectivity index (χ1v) is 5.57. The van der Waals surface area contributed by atoms with Gasteiger partial charge in [0, 0.05) is 25.1 Å². The van der Waals surface area contributed by atoms with Crippen LogP contribution >= 0.6 is 0 Å². The zero-order valence-electron chi connectivity index (χ0n) is 9.93. The predicted molar refractivity (Wildman–Crippen MR) is 69.0 cm³/mol. The van der Waals surface area contributed by atoms with E-state index in [1.807, 2.05) is 31.5 Å². The lowest BCUT2D eigenvalue weighted by Crippen LogP contribution is -2.07. The Kier molecular flexibility index (Phi) is 3.55. The minimum absolute atomic E-state index is 0.712. The van der Waals surface area contributed by atoms with E-state index in [9.17, 15) is 0 Å². The largest absolute Gasteiger partial charge is 0.352 e. The fraction of sp³-hybridized carbons (Fsp3) is 0.231. The molecule has 88 valence electrons. The fourth-order valence-corrected chi connectivity index (χ4v) is 1.66. The van der Waals surface area contributed by atoms with Crippen molar-refractivity contribution in [2.75, 3.05) is 11.9 Å². The fourth-order valence-electron chi connectivity index (χ4n) is 1.66. The number of pyridine rings is 1. The molecule has 0 unspecified atom stereocenters. The Labute approximate surface area is 101 Å². The molecule has 0 saturated heterocycles. The van der Waals surface area contributed by atoms with Crippen molar-refractivity contribution in [2.45, 2.75) is 13.5 Å². The second-order valence-corrected chi connectivity index (χ2v) is 3.86. The summed E-state index contributed by atoms with van der Waals surface area (Å²) >= 11 is 0. The van der Waals surface area contributed by atoms with Crippen LogP contribution in [0.5, 0.6) is 0 Å². The Balaban J connectivity index is 2.17. The monoisotopic (exact) mass is 228 g/mol. The van der Waals surface area contributed by atoms with Crippen LogP contribution in [0.2, 0.25) is 0 Å². The van der Waals surface area contributed by atoms with Gasteiger partial charge in [-0.25, -0.2) is 4.98 Å². The van der Waals surface area contributed by atoms with Gasteiger partial charge in [0.2, 0.25) is 5.95 Å². The van der Waals surface area contributed by atoms with Crippen LogP contribution in [0, 0.1) is 6.92 Å². The minimum atomic E-state index is 0.712. The summed E-state index contributed by atoms with van der Waals surface area (Å²) in [7, 11) is 0. The number of aryl methyl sites for hydroxylation is 1. The van der Waals surface area contributed by atoms with Crippen molar-refractivity contribution >= 4 is 5.95 Å². The van der Waals surface area contributed by atoms with E-state index >= 15 is 0 Å². The quantitative estimate of drug-likeness (QED) is 0.798. The third-order valence-electron chi connectivity index (χ3n) is 2.38. The highest BCUT2D eigenvalue weighted by Gasteiger charge is 2.04. The van der Waals surface area contributed by atoms with Crippen molar-refractivity contribution in [3.63, 3.8) is 0 Å². The molecule has 2 rings (SSSR count). The maximum Gasteiger partial charge on any atom is 0.203 e. The lowest BCUT2D eigenvalue weighted by atomic mass is 10.3. The van der Waals surface area contributed by atoms with E-state index in [-0.39, 0.29) is 0 Å². The molecule has 2 aromatic heterocycles. The summed E-state index contributed by atoms with van der Waals surface area (Å²) < 4.78 is 2.08. The third kappa shape index (κ3) is 2.93. The van der Waals surface area contributed by atoms with Crippen molar-refractivity contribution in [1.82, 2.24) is 14.5 Å². The number of aromatic nitrogens is 3. The van der Waals surface area contributed by atoms with Gasteiger partial charge in [-0.1, -0.05) is 12.1 Å². The first kappa shape index (κ1) is 11.4. The first-order chi connectivity index (χ1) is 8.29. The molecule has 0 aliphatic rings. The number of nitrogens with zero attached hydrogens (tertiary/aromatic N) is 3. The number of hydrogen-bond donors (Lipinski definition) is 1. The summed E-state index contributed by atoms with van der Waals surface area (Å²) in [6.45, 7) is 7.16. The SMILES string of the molecule is C=CCNc1nc(C)cn1Cc1cccnc1. The number of imidazole rings is 1. The molecule has 2 heterocycles. The normalized spacial score (nSPS) is 10.2. The van der Waals surface area contributed by atoms with Gasteiger partial charge in [-0.05, 0) is 18.6 Å². The van der Waals surface area contributed by atoms with Crippen molar-refractivity contribution < 1.29 is 0 Å². The summed E-state index contributed by atoms with van der Waals surface area (Å²) in [6, 6.07) is 4.00. The summed E-state index contributed by atoms with van der Waals surface area (Å²) in [5.41, 5.74) is 2.16. The van der Waals surface area contributed by atoms with Crippen molar-refractivity contribution in [3.8, 4) is 0 Å². The Morgan fingerprint density at radius 3 is 3.12 bits per heavy atom. The molecule has 0 amide bonds. The molecule has 4 heteroatoms. The molecule has 4 nitrogen and oxygen atoms in total. The van der Waals surface area contributed by atoms with Gasteiger partial charge in [-0.3, -0.25) is 4.98 Å². The molecule has 1 N–H and O–H groups in total. The molecule has 0 saturated carbocycles. The van der Waals surface area contributed by atoms with E-state index < -0.39 is 0 Å². The lowest BCUT2D eigenvalue weighted by molar-refractivity contribution is 0.797. The topological polar surface area (TPSA) is 42.7 Å². The highest BCUT2D eigenvalue weighted by molar-refractivity contribution is 5.31. The van der Waals surface area contributed by atoms with Crippen LogP contribution in [0.25, 0.3) is 0 Å². The molecule has 2 aromatic rings. The van der Waals surface area contributed by atoms with Crippen LogP contribution in [0.4, 0.5) is 5.95 Å². The van der Waals surface area contributed by atoms with E-state index in [2.05, 4.69) is 32.5 Å². The Morgan fingerprint density at radius 2 is 2.41 bits per heavy atom. The van der Waals surface area contributed by atoms with Gasteiger partial charge in [0.25, 0.3) is 0 Å². The maximum atomic E-state index is 4.43. The average molecular weight is 228 g/mol. The number of anilines is 1. The first-order valence-electron chi connectivity index (χ1n) is 5.57. The second-order valence-electron chi connectivity index (χ2n) is 3.86. The average Bonchev–Trinajstić information content (AvgIpc) is 2.68. The smallest absolute Gasteiger partial charge is 0.203 e. The molecule has 0 aromatic carbocycles. The molecule has 0 aliphatic carbocycles. The highest BCUT2D eigenvalue weighted by Crippen LogP contribution is 2.11. The summed E-state index contributed by atoms with van der Waals surface area (Å²) in [5.74, 6) is 0.867. The molecule has 0 atom stereocenters. The van der Waals surface area contributed by atoms with Crippen LogP contribution in [-0.4, -0.2) is 21.1 Å². The predicted octanol–water partition coefficient (Wildman–Crippen LogP) is 2.23. The van der Waals surface area contributed by atoms with E-state index in [4.69, 9.17) is 0 Å².